The highest BCUT2D eigenvalue weighted by Crippen LogP contribution is 2.17. The maximum Gasteiger partial charge on any atom is 0.146 e. The van der Waals surface area contributed by atoms with Crippen LogP contribution in [0.2, 0.25) is 13.1 Å². The molecule has 2 heteroatoms. The Balaban J connectivity index is 3.70. The van der Waals surface area contributed by atoms with Crippen LogP contribution in [0, 0.1) is 0 Å². The predicted octanol–water partition coefficient (Wildman–Crippen LogP) is 11.6. The molecule has 0 spiro atoms. The third-order valence-electron chi connectivity index (χ3n) is 7.88. The quantitative estimate of drug-likeness (QED) is 0.0773. The highest BCUT2D eigenvalue weighted by atomic mass is 28.3. The van der Waals surface area contributed by atoms with Crippen LogP contribution in [0.25, 0.3) is 0 Å². The molecule has 1 nitrogen and oxygen atoms in total. The molecule has 0 aliphatic rings. The van der Waals surface area contributed by atoms with E-state index < -0.39 is 8.24 Å². The van der Waals surface area contributed by atoms with Gasteiger partial charge in [-0.3, -0.25) is 0 Å². The molecule has 0 aliphatic carbocycles. The van der Waals surface area contributed by atoms with E-state index in [1.54, 1.807) is 0 Å². The molecule has 0 aromatic rings. The van der Waals surface area contributed by atoms with Crippen LogP contribution in [0.5, 0.6) is 0 Å². The zero-order chi connectivity index (χ0) is 25.2. The van der Waals surface area contributed by atoms with Crippen molar-refractivity contribution < 1.29 is 0 Å². The van der Waals surface area contributed by atoms with Crippen molar-refractivity contribution in [1.29, 1.82) is 0 Å². The van der Waals surface area contributed by atoms with Crippen LogP contribution in [0.3, 0.4) is 0 Å². The van der Waals surface area contributed by atoms with Crippen molar-refractivity contribution in [3.63, 3.8) is 0 Å². The summed E-state index contributed by atoms with van der Waals surface area (Å²) < 4.78 is 2.84. The van der Waals surface area contributed by atoms with Gasteiger partial charge in [0, 0.05) is 0 Å². The average Bonchev–Trinajstić information content (AvgIpc) is 2.83. The van der Waals surface area contributed by atoms with Crippen molar-refractivity contribution in [2.75, 3.05) is 13.1 Å². The SMILES string of the molecule is C=C[Si](C)(C)N(CCCCCCCCCCCCCC)CCCCCCCCCCCCCC. The molecule has 204 valence electrons. The van der Waals surface area contributed by atoms with Gasteiger partial charge in [0.25, 0.3) is 0 Å². The molecule has 34 heavy (non-hydrogen) atoms. The fourth-order valence-corrected chi connectivity index (χ4v) is 6.83. The summed E-state index contributed by atoms with van der Waals surface area (Å²) in [5, 5.41) is 0. The van der Waals surface area contributed by atoms with E-state index in [-0.39, 0.29) is 0 Å². The van der Waals surface area contributed by atoms with Gasteiger partial charge in [0.2, 0.25) is 0 Å². The molecule has 0 aliphatic heterocycles. The molecule has 0 atom stereocenters. The van der Waals surface area contributed by atoms with Gasteiger partial charge >= 0.3 is 0 Å². The lowest BCUT2D eigenvalue weighted by molar-refractivity contribution is 0.389. The highest BCUT2D eigenvalue weighted by molar-refractivity contribution is 6.79. The predicted molar refractivity (Wildman–Crippen MR) is 161 cm³/mol. The minimum Gasteiger partial charge on any atom is -0.321 e. The van der Waals surface area contributed by atoms with Crippen LogP contribution in [-0.2, 0) is 0 Å². The lowest BCUT2D eigenvalue weighted by Crippen LogP contribution is -2.48. The molecule has 0 aromatic heterocycles. The number of hydrogen-bond acceptors (Lipinski definition) is 1. The smallest absolute Gasteiger partial charge is 0.146 e. The van der Waals surface area contributed by atoms with E-state index in [1.165, 1.54) is 167 Å². The number of hydrogen-bond donors (Lipinski definition) is 0. The molecule has 0 bridgehead atoms. The first-order valence-corrected chi connectivity index (χ1v) is 19.0. The summed E-state index contributed by atoms with van der Waals surface area (Å²) in [5.74, 6) is 0. The molecule has 0 saturated carbocycles. The van der Waals surface area contributed by atoms with Crippen LogP contribution < -0.4 is 0 Å². The van der Waals surface area contributed by atoms with Crippen molar-refractivity contribution >= 4 is 8.24 Å². The summed E-state index contributed by atoms with van der Waals surface area (Å²) in [5.41, 5.74) is 2.30. The average molecular weight is 494 g/mol. The number of rotatable bonds is 28. The molecule has 0 saturated heterocycles. The molecule has 0 fully saturated rings. The lowest BCUT2D eigenvalue weighted by Gasteiger charge is -2.34. The van der Waals surface area contributed by atoms with Gasteiger partial charge in [-0.05, 0) is 25.9 Å². The minimum absolute atomic E-state index is 1.31. The van der Waals surface area contributed by atoms with Gasteiger partial charge in [0.05, 0.1) is 0 Å². The van der Waals surface area contributed by atoms with Gasteiger partial charge in [-0.25, -0.2) is 0 Å². The first kappa shape index (κ1) is 33.9. The number of nitrogens with zero attached hydrogens (tertiary/aromatic N) is 1. The van der Waals surface area contributed by atoms with Gasteiger partial charge in [0.1, 0.15) is 8.24 Å². The maximum atomic E-state index is 4.19. The van der Waals surface area contributed by atoms with Crippen molar-refractivity contribution in [3.8, 4) is 0 Å². The summed E-state index contributed by atoms with van der Waals surface area (Å²) in [6.07, 6.45) is 34.6. The fourth-order valence-electron chi connectivity index (χ4n) is 5.10. The molecule has 0 heterocycles. The topological polar surface area (TPSA) is 3.24 Å². The second-order valence-electron chi connectivity index (χ2n) is 11.6. The molecule has 0 N–H and O–H groups in total. The summed E-state index contributed by atoms with van der Waals surface area (Å²) >= 11 is 0. The van der Waals surface area contributed by atoms with Gasteiger partial charge in [-0.2, -0.15) is 0 Å². The molecular weight excluding hydrogens is 426 g/mol. The normalized spacial score (nSPS) is 12.0. The summed E-state index contributed by atoms with van der Waals surface area (Å²) in [4.78, 5) is 0. The van der Waals surface area contributed by atoms with E-state index >= 15 is 0 Å². The second kappa shape index (κ2) is 26.0. The van der Waals surface area contributed by atoms with Crippen molar-refractivity contribution in [3.05, 3.63) is 12.3 Å². The Morgan fingerprint density at radius 3 is 0.912 bits per heavy atom. The summed E-state index contributed by atoms with van der Waals surface area (Å²) in [7, 11) is -1.41. The van der Waals surface area contributed by atoms with Crippen LogP contribution in [0.4, 0.5) is 0 Å². The molecule has 0 unspecified atom stereocenters. The summed E-state index contributed by atoms with van der Waals surface area (Å²) in [6, 6.07) is 0. The maximum absolute atomic E-state index is 4.19. The van der Waals surface area contributed by atoms with E-state index in [1.807, 2.05) is 0 Å². The molecule has 0 radical (unpaired) electrons. The summed E-state index contributed by atoms with van der Waals surface area (Å²) in [6.45, 7) is 16.4. The third kappa shape index (κ3) is 22.4. The van der Waals surface area contributed by atoms with Crippen molar-refractivity contribution in [2.24, 2.45) is 0 Å². The Morgan fingerprint density at radius 1 is 0.441 bits per heavy atom. The fraction of sp³-hybridized carbons (Fsp3) is 0.938. The van der Waals surface area contributed by atoms with Gasteiger partial charge in [-0.15, -0.1) is 6.58 Å². The van der Waals surface area contributed by atoms with Crippen molar-refractivity contribution in [1.82, 2.24) is 4.57 Å². The van der Waals surface area contributed by atoms with Crippen LogP contribution in [0.1, 0.15) is 168 Å². The Morgan fingerprint density at radius 2 is 0.676 bits per heavy atom. The Bertz CT molecular complexity index is 378. The second-order valence-corrected chi connectivity index (χ2v) is 16.0. The van der Waals surface area contributed by atoms with E-state index in [0.717, 1.165) is 0 Å². The molecular formula is C32H67NSi. The monoisotopic (exact) mass is 494 g/mol. The van der Waals surface area contributed by atoms with Gasteiger partial charge in [-0.1, -0.05) is 174 Å². The van der Waals surface area contributed by atoms with Gasteiger partial charge < -0.3 is 4.57 Å². The largest absolute Gasteiger partial charge is 0.321 e. The molecule has 0 amide bonds. The van der Waals surface area contributed by atoms with Gasteiger partial charge in [0.15, 0.2) is 0 Å². The Labute approximate surface area is 219 Å². The molecule has 0 rings (SSSR count). The lowest BCUT2D eigenvalue weighted by atomic mass is 10.1. The first-order chi connectivity index (χ1) is 16.6. The van der Waals surface area contributed by atoms with E-state index in [4.69, 9.17) is 0 Å². The van der Waals surface area contributed by atoms with Crippen LogP contribution in [-0.4, -0.2) is 25.9 Å². The molecule has 0 aromatic carbocycles. The first-order valence-electron chi connectivity index (χ1n) is 16.0. The zero-order valence-corrected chi connectivity index (χ0v) is 25.6. The third-order valence-corrected chi connectivity index (χ3v) is 11.0. The Kier molecular flexibility index (Phi) is 25.9. The zero-order valence-electron chi connectivity index (χ0n) is 24.6. The van der Waals surface area contributed by atoms with Crippen molar-refractivity contribution in [2.45, 2.75) is 181 Å². The van der Waals surface area contributed by atoms with E-state index in [0.29, 0.717) is 0 Å². The standard InChI is InChI=1S/C32H67NSi/c1-6-9-11-13-15-17-19-21-23-25-27-29-31-33(34(4,5)8-3)32-30-28-26-24-22-20-18-16-14-12-10-7-2/h8H,3,6-7,9-32H2,1-2,4-5H3. The Hall–Kier alpha value is -0.0831. The van der Waals surface area contributed by atoms with Crippen LogP contribution in [0.15, 0.2) is 12.3 Å². The minimum atomic E-state index is -1.41. The number of unbranched alkanes of at least 4 members (excludes halogenated alkanes) is 22. The van der Waals surface area contributed by atoms with E-state index in [9.17, 15) is 0 Å². The van der Waals surface area contributed by atoms with Crippen LogP contribution >= 0.6 is 0 Å². The van der Waals surface area contributed by atoms with E-state index in [2.05, 4.69) is 43.8 Å². The highest BCUT2D eigenvalue weighted by Gasteiger charge is 2.24.